The molecule has 0 amide bonds. The van der Waals surface area contributed by atoms with Crippen molar-refractivity contribution in [1.82, 2.24) is 0 Å². The van der Waals surface area contributed by atoms with Gasteiger partial charge in [-0.15, -0.1) is 0 Å². The van der Waals surface area contributed by atoms with Crippen LogP contribution in [-0.4, -0.2) is 94.4 Å². The quantitative estimate of drug-likeness (QED) is 0.172. The first kappa shape index (κ1) is 21.7. The van der Waals surface area contributed by atoms with Crippen molar-refractivity contribution < 1.29 is 73.0 Å². The molecule has 0 radical (unpaired) electrons. The van der Waals surface area contributed by atoms with Gasteiger partial charge >= 0.3 is 81.1 Å². The summed E-state index contributed by atoms with van der Waals surface area (Å²) in [6.45, 7) is -0.841. The number of phosphoric acid groups is 1. The average Bonchev–Trinajstić information content (AvgIpc) is 2.42. The maximum atomic E-state index is 11.3. The van der Waals surface area contributed by atoms with E-state index in [0.29, 0.717) is 0 Å². The molecule has 1 aliphatic heterocycles. The van der Waals surface area contributed by atoms with Gasteiger partial charge in [-0.05, 0) is 0 Å². The number of rotatable bonds is 4. The van der Waals surface area contributed by atoms with E-state index in [1.54, 1.807) is 0 Å². The summed E-state index contributed by atoms with van der Waals surface area (Å²) >= 11 is 0. The number of aliphatic hydroxyl groups is 2. The van der Waals surface area contributed by atoms with E-state index in [1.165, 1.54) is 0 Å². The number of hydrogen-bond acceptors (Lipinski definition) is 7. The molecule has 3 atom stereocenters. The zero-order valence-corrected chi connectivity index (χ0v) is 14.5. The molecule has 92 valence electrons. The van der Waals surface area contributed by atoms with Gasteiger partial charge in [0.1, 0.15) is 6.10 Å². The van der Waals surface area contributed by atoms with Crippen molar-refractivity contribution in [3.63, 3.8) is 0 Å². The van der Waals surface area contributed by atoms with E-state index in [1.807, 2.05) is 0 Å². The molecular formula is C6H9CaNaO9P+3. The molecule has 1 saturated heterocycles. The van der Waals surface area contributed by atoms with Crippen LogP contribution in [0.5, 0.6) is 0 Å². The predicted molar refractivity (Wildman–Crippen MR) is 50.7 cm³/mol. The molecule has 1 aliphatic rings. The third-order valence-corrected chi connectivity index (χ3v) is 2.26. The Hall–Kier alpha value is 1.43. The third-order valence-electron chi connectivity index (χ3n) is 1.78. The van der Waals surface area contributed by atoms with Gasteiger partial charge in [-0.2, -0.15) is 0 Å². The minimum absolute atomic E-state index is 0. The predicted octanol–water partition coefficient (Wildman–Crippen LogP) is -6.06. The summed E-state index contributed by atoms with van der Waals surface area (Å²) in [4.78, 5) is 39.1. The summed E-state index contributed by atoms with van der Waals surface area (Å²) in [6.07, 6.45) is -5.40. The molecule has 18 heavy (non-hydrogen) atoms. The number of carbonyl (C=O) groups is 2. The summed E-state index contributed by atoms with van der Waals surface area (Å²) in [5.74, 6) is -2.46. The van der Waals surface area contributed by atoms with Crippen molar-refractivity contribution in [3.05, 3.63) is 0 Å². The molecule has 0 aromatic heterocycles. The Kier molecular flexibility index (Phi) is 10.4. The van der Waals surface area contributed by atoms with Crippen molar-refractivity contribution in [2.24, 2.45) is 0 Å². The SMILES string of the molecule is O=C1O[C@H]([C@H](O)CO)C(=O)C1OP(=O)(O)O.[Ca+2].[Na+]. The summed E-state index contributed by atoms with van der Waals surface area (Å²) in [5, 5.41) is 17.6. The number of cyclic esters (lactones) is 1. The molecule has 0 aromatic rings. The molecule has 1 unspecified atom stereocenters. The molecule has 12 heteroatoms. The van der Waals surface area contributed by atoms with Crippen LogP contribution in [0.15, 0.2) is 0 Å². The fourth-order valence-corrected chi connectivity index (χ4v) is 1.57. The number of Topliss-reactive ketones (excluding diaryl/α,β-unsaturated/α-hetero) is 1. The molecule has 0 spiro atoms. The number of carbonyl (C=O) groups excluding carboxylic acids is 2. The van der Waals surface area contributed by atoms with E-state index < -0.39 is 44.5 Å². The minimum atomic E-state index is -5.02. The normalized spacial score (nSPS) is 24.9. The van der Waals surface area contributed by atoms with Crippen LogP contribution >= 0.6 is 7.82 Å². The standard InChI is InChI=1S/C6H9O9P.Ca.Na/c7-1-2(8)4-3(9)5(6(10)14-4)15-16(11,12)13;;/h2,4-5,7-8H,1H2,(H2,11,12,13);;/q;+2;+1/t2-,4-,5?;;/m1../s1. The van der Waals surface area contributed by atoms with Crippen LogP contribution in [0.3, 0.4) is 0 Å². The minimum Gasteiger partial charge on any atom is -0.449 e. The van der Waals surface area contributed by atoms with Crippen molar-refractivity contribution in [2.45, 2.75) is 18.3 Å². The topological polar surface area (TPSA) is 151 Å². The Morgan fingerprint density at radius 2 is 1.89 bits per heavy atom. The molecular weight excluding hydrogens is 310 g/mol. The number of ether oxygens (including phenoxy) is 1. The first-order valence-corrected chi connectivity index (χ1v) is 5.56. The van der Waals surface area contributed by atoms with Crippen LogP contribution in [0.1, 0.15) is 0 Å². The second kappa shape index (κ2) is 8.66. The maximum absolute atomic E-state index is 11.3. The fraction of sp³-hybridized carbons (Fsp3) is 0.667. The van der Waals surface area contributed by atoms with Gasteiger partial charge in [0.25, 0.3) is 0 Å². The van der Waals surface area contributed by atoms with Gasteiger partial charge in [-0.1, -0.05) is 0 Å². The molecule has 1 fully saturated rings. The molecule has 1 rings (SSSR count). The van der Waals surface area contributed by atoms with Gasteiger partial charge in [-0.25, -0.2) is 9.36 Å². The van der Waals surface area contributed by atoms with Crippen LogP contribution in [0, 0.1) is 0 Å². The van der Waals surface area contributed by atoms with Crippen molar-refractivity contribution >= 4 is 57.3 Å². The first-order valence-electron chi connectivity index (χ1n) is 4.03. The Labute approximate surface area is 153 Å². The summed E-state index contributed by atoms with van der Waals surface area (Å²) in [5.41, 5.74) is 0. The largest absolute Gasteiger partial charge is 2.00 e. The van der Waals surface area contributed by atoms with E-state index in [0.717, 1.165) is 0 Å². The number of phosphoric ester groups is 1. The van der Waals surface area contributed by atoms with Crippen LogP contribution in [0.4, 0.5) is 0 Å². The Morgan fingerprint density at radius 3 is 2.28 bits per heavy atom. The van der Waals surface area contributed by atoms with Crippen molar-refractivity contribution in [1.29, 1.82) is 0 Å². The third kappa shape index (κ3) is 5.82. The number of hydrogen-bond donors (Lipinski definition) is 4. The fourth-order valence-electron chi connectivity index (χ4n) is 1.11. The molecule has 9 nitrogen and oxygen atoms in total. The monoisotopic (exact) mass is 319 g/mol. The molecule has 0 saturated carbocycles. The summed E-state index contributed by atoms with van der Waals surface area (Å²) in [7, 11) is -5.02. The van der Waals surface area contributed by atoms with E-state index in [9.17, 15) is 14.2 Å². The van der Waals surface area contributed by atoms with Gasteiger partial charge in [0.15, 0.2) is 6.10 Å². The Balaban J connectivity index is 0. The molecule has 0 bridgehead atoms. The van der Waals surface area contributed by atoms with Crippen LogP contribution in [0.25, 0.3) is 0 Å². The molecule has 0 aliphatic carbocycles. The van der Waals surface area contributed by atoms with Gasteiger partial charge in [0.05, 0.1) is 6.61 Å². The van der Waals surface area contributed by atoms with Gasteiger partial charge in [0, 0.05) is 0 Å². The molecule has 1 heterocycles. The average molecular weight is 319 g/mol. The smallest absolute Gasteiger partial charge is 0.449 e. The van der Waals surface area contributed by atoms with Crippen LogP contribution in [-0.2, 0) is 23.4 Å². The maximum Gasteiger partial charge on any atom is 2.00 e. The second-order valence-corrected chi connectivity index (χ2v) is 4.18. The number of ketones is 1. The van der Waals surface area contributed by atoms with Crippen LogP contribution < -0.4 is 29.6 Å². The van der Waals surface area contributed by atoms with E-state index in [4.69, 9.17) is 20.0 Å². The summed E-state index contributed by atoms with van der Waals surface area (Å²) < 4.78 is 18.6. The van der Waals surface area contributed by atoms with Crippen molar-refractivity contribution in [2.75, 3.05) is 6.61 Å². The van der Waals surface area contributed by atoms with Crippen molar-refractivity contribution in [3.8, 4) is 0 Å². The van der Waals surface area contributed by atoms with Gasteiger partial charge in [-0.3, -0.25) is 9.32 Å². The Morgan fingerprint density at radius 1 is 1.39 bits per heavy atom. The first-order chi connectivity index (χ1) is 7.26. The number of aliphatic hydroxyl groups excluding tert-OH is 2. The Bertz CT molecular complexity index is 357. The zero-order chi connectivity index (χ0) is 12.5. The zero-order valence-electron chi connectivity index (χ0n) is 9.42. The summed E-state index contributed by atoms with van der Waals surface area (Å²) in [6, 6.07) is 0. The van der Waals surface area contributed by atoms with E-state index in [2.05, 4.69) is 9.26 Å². The number of esters is 1. The molecule has 0 aromatic carbocycles. The molecule has 4 N–H and O–H groups in total. The van der Waals surface area contributed by atoms with Gasteiger partial charge < -0.3 is 24.7 Å². The second-order valence-electron chi connectivity index (χ2n) is 2.99. The van der Waals surface area contributed by atoms with Gasteiger partial charge in [0.2, 0.25) is 11.9 Å². The van der Waals surface area contributed by atoms with Crippen LogP contribution in [0.2, 0.25) is 0 Å². The van der Waals surface area contributed by atoms with E-state index >= 15 is 0 Å². The van der Waals surface area contributed by atoms with E-state index in [-0.39, 0.29) is 67.3 Å².